The predicted molar refractivity (Wildman–Crippen MR) is 102 cm³/mol. The molecule has 0 aromatic heterocycles. The largest absolute Gasteiger partial charge is 0.461 e. The number of aryl methyl sites for hydroxylation is 1. The first-order valence-corrected chi connectivity index (χ1v) is 9.86. The predicted octanol–water partition coefficient (Wildman–Crippen LogP) is -2.16. The maximum atomic E-state index is 12.0. The van der Waals surface area contributed by atoms with Crippen molar-refractivity contribution in [1.29, 1.82) is 0 Å². The highest BCUT2D eigenvalue weighted by molar-refractivity contribution is 5.98. The lowest BCUT2D eigenvalue weighted by Crippen LogP contribution is -2.61. The summed E-state index contributed by atoms with van der Waals surface area (Å²) in [5.41, 5.74) is 0.943. The summed E-state index contributed by atoms with van der Waals surface area (Å²) in [4.78, 5) is 12.0. The maximum absolute atomic E-state index is 12.0. The van der Waals surface area contributed by atoms with Crippen LogP contribution < -0.4 is 4.74 Å². The number of aliphatic hydroxyl groups is 6. The molecule has 31 heavy (non-hydrogen) atoms. The van der Waals surface area contributed by atoms with Gasteiger partial charge < -0.3 is 49.6 Å². The van der Waals surface area contributed by atoms with Crippen molar-refractivity contribution in [1.82, 2.24) is 0 Å². The first-order chi connectivity index (χ1) is 14.6. The fourth-order valence-electron chi connectivity index (χ4n) is 3.58. The van der Waals surface area contributed by atoms with Crippen molar-refractivity contribution in [2.75, 3.05) is 13.2 Å². The molecule has 2 aliphatic heterocycles. The molecule has 11 nitrogen and oxygen atoms in total. The van der Waals surface area contributed by atoms with E-state index in [1.165, 1.54) is 13.0 Å². The molecule has 0 spiro atoms. The van der Waals surface area contributed by atoms with E-state index in [0.717, 1.165) is 0 Å². The van der Waals surface area contributed by atoms with Gasteiger partial charge in [0.05, 0.1) is 18.8 Å². The molecule has 11 heteroatoms. The van der Waals surface area contributed by atoms with Crippen LogP contribution in [-0.2, 0) is 14.2 Å². The number of benzene rings is 1. The highest BCUT2D eigenvalue weighted by Gasteiger charge is 2.46. The van der Waals surface area contributed by atoms with Gasteiger partial charge in [0.25, 0.3) is 0 Å². The summed E-state index contributed by atoms with van der Waals surface area (Å²) in [7, 11) is 0. The SMILES string of the molecule is CC(=O)c1c(C)cccc1O[C@@H]1O[C@H](CO[C@@H]2OC[C@H](O)[C@H](O)[C@H]2O)[C@@H](O)[C@H](O)[C@H]1O. The van der Waals surface area contributed by atoms with E-state index in [0.29, 0.717) is 5.56 Å². The molecule has 0 radical (unpaired) electrons. The van der Waals surface area contributed by atoms with E-state index in [9.17, 15) is 35.4 Å². The lowest BCUT2D eigenvalue weighted by molar-refractivity contribution is -0.307. The second-order valence-corrected chi connectivity index (χ2v) is 7.72. The van der Waals surface area contributed by atoms with Gasteiger partial charge in [0.15, 0.2) is 12.1 Å². The Morgan fingerprint density at radius 3 is 2.35 bits per heavy atom. The maximum Gasteiger partial charge on any atom is 0.229 e. The summed E-state index contributed by atoms with van der Waals surface area (Å²) in [5, 5.41) is 59.9. The van der Waals surface area contributed by atoms with Gasteiger partial charge >= 0.3 is 0 Å². The minimum absolute atomic E-state index is 0.142. The number of hydrogen-bond acceptors (Lipinski definition) is 11. The number of carbonyl (C=O) groups excluding carboxylic acids is 1. The molecule has 2 heterocycles. The average molecular weight is 444 g/mol. The van der Waals surface area contributed by atoms with Gasteiger partial charge in [0, 0.05) is 0 Å². The molecule has 2 fully saturated rings. The van der Waals surface area contributed by atoms with Crippen LogP contribution in [0.15, 0.2) is 18.2 Å². The Balaban J connectivity index is 1.70. The summed E-state index contributed by atoms with van der Waals surface area (Å²) >= 11 is 0. The third-order valence-corrected chi connectivity index (χ3v) is 5.38. The number of aliphatic hydroxyl groups excluding tert-OH is 6. The Kier molecular flexibility index (Phi) is 7.63. The summed E-state index contributed by atoms with van der Waals surface area (Å²) in [6, 6.07) is 4.89. The second-order valence-electron chi connectivity index (χ2n) is 7.72. The molecule has 9 atom stereocenters. The minimum Gasteiger partial charge on any atom is -0.461 e. The minimum atomic E-state index is -1.65. The number of ether oxygens (including phenoxy) is 4. The first-order valence-electron chi connectivity index (χ1n) is 9.86. The van der Waals surface area contributed by atoms with E-state index < -0.39 is 61.9 Å². The van der Waals surface area contributed by atoms with Crippen molar-refractivity contribution in [2.45, 2.75) is 69.2 Å². The van der Waals surface area contributed by atoms with E-state index in [4.69, 9.17) is 18.9 Å². The number of rotatable bonds is 6. The van der Waals surface area contributed by atoms with Gasteiger partial charge in [0.2, 0.25) is 6.29 Å². The molecule has 0 bridgehead atoms. The monoisotopic (exact) mass is 444 g/mol. The van der Waals surface area contributed by atoms with Crippen LogP contribution in [0, 0.1) is 6.92 Å². The zero-order valence-electron chi connectivity index (χ0n) is 17.1. The molecule has 0 aliphatic carbocycles. The van der Waals surface area contributed by atoms with Crippen LogP contribution in [-0.4, -0.2) is 105 Å². The lowest BCUT2D eigenvalue weighted by Gasteiger charge is -2.41. The molecule has 0 unspecified atom stereocenters. The lowest BCUT2D eigenvalue weighted by atomic mass is 9.99. The standard InChI is InChI=1S/C20H28O11/c1-8-4-3-5-11(13(8)9(2)21)30-20-18(27)16(25)15(24)12(31-20)7-29-19-17(26)14(23)10(22)6-28-19/h3-5,10,12,14-20,22-27H,6-7H2,1-2H3/t10-,12+,14-,15+,16-,17+,18+,19-,20+/m0/s1. The quantitative estimate of drug-likeness (QED) is 0.264. The Morgan fingerprint density at radius 2 is 1.68 bits per heavy atom. The molecule has 2 aliphatic rings. The van der Waals surface area contributed by atoms with Crippen LogP contribution in [0.4, 0.5) is 0 Å². The Morgan fingerprint density at radius 1 is 1.00 bits per heavy atom. The van der Waals surface area contributed by atoms with E-state index in [1.54, 1.807) is 19.1 Å². The van der Waals surface area contributed by atoms with E-state index in [2.05, 4.69) is 0 Å². The van der Waals surface area contributed by atoms with Crippen molar-refractivity contribution in [3.05, 3.63) is 29.3 Å². The van der Waals surface area contributed by atoms with Gasteiger partial charge in [-0.1, -0.05) is 12.1 Å². The van der Waals surface area contributed by atoms with Gasteiger partial charge in [-0.2, -0.15) is 0 Å². The van der Waals surface area contributed by atoms with Crippen LogP contribution in [0.5, 0.6) is 5.75 Å². The van der Waals surface area contributed by atoms with E-state index in [-0.39, 0.29) is 23.7 Å². The number of Topliss-reactive ketones (excluding diaryl/α,β-unsaturated/α-hetero) is 1. The summed E-state index contributed by atoms with van der Waals surface area (Å²) in [6.07, 6.45) is -13.1. The van der Waals surface area contributed by atoms with Gasteiger partial charge in [-0.05, 0) is 25.5 Å². The molecule has 2 saturated heterocycles. The summed E-state index contributed by atoms with van der Waals surface area (Å²) < 4.78 is 21.7. The average Bonchev–Trinajstić information content (AvgIpc) is 2.72. The fourth-order valence-corrected chi connectivity index (χ4v) is 3.58. The zero-order valence-corrected chi connectivity index (χ0v) is 17.1. The number of hydrogen-bond donors (Lipinski definition) is 6. The van der Waals surface area contributed by atoms with Crippen molar-refractivity contribution in [3.63, 3.8) is 0 Å². The normalized spacial score (nSPS) is 38.6. The molecule has 0 amide bonds. The van der Waals surface area contributed by atoms with E-state index >= 15 is 0 Å². The van der Waals surface area contributed by atoms with Gasteiger partial charge in [-0.3, -0.25) is 4.79 Å². The van der Waals surface area contributed by atoms with Crippen molar-refractivity contribution in [3.8, 4) is 5.75 Å². The van der Waals surface area contributed by atoms with Crippen LogP contribution >= 0.6 is 0 Å². The van der Waals surface area contributed by atoms with Gasteiger partial charge in [-0.25, -0.2) is 0 Å². The van der Waals surface area contributed by atoms with Crippen LogP contribution in [0.2, 0.25) is 0 Å². The molecule has 1 aromatic rings. The first kappa shape index (κ1) is 24.0. The van der Waals surface area contributed by atoms with Gasteiger partial charge in [0.1, 0.15) is 48.5 Å². The Hall–Kier alpha value is -1.67. The Bertz CT molecular complexity index is 771. The van der Waals surface area contributed by atoms with Gasteiger partial charge in [-0.15, -0.1) is 0 Å². The van der Waals surface area contributed by atoms with Crippen molar-refractivity contribution in [2.24, 2.45) is 0 Å². The number of carbonyl (C=O) groups is 1. The highest BCUT2D eigenvalue weighted by atomic mass is 16.7. The number of ketones is 1. The highest BCUT2D eigenvalue weighted by Crippen LogP contribution is 2.29. The molecule has 1 aromatic carbocycles. The zero-order chi connectivity index (χ0) is 22.9. The second kappa shape index (κ2) is 9.86. The molecule has 6 N–H and O–H groups in total. The van der Waals surface area contributed by atoms with E-state index in [1.807, 2.05) is 0 Å². The van der Waals surface area contributed by atoms with Crippen LogP contribution in [0.3, 0.4) is 0 Å². The molecule has 0 saturated carbocycles. The van der Waals surface area contributed by atoms with Crippen molar-refractivity contribution >= 4 is 5.78 Å². The smallest absolute Gasteiger partial charge is 0.229 e. The fraction of sp³-hybridized carbons (Fsp3) is 0.650. The van der Waals surface area contributed by atoms with Crippen LogP contribution in [0.25, 0.3) is 0 Å². The molecule has 3 rings (SSSR count). The third kappa shape index (κ3) is 5.06. The Labute approximate surface area is 178 Å². The summed E-state index contributed by atoms with van der Waals surface area (Å²) in [6.45, 7) is 2.41. The molecule has 174 valence electrons. The molecular weight excluding hydrogens is 416 g/mol. The van der Waals surface area contributed by atoms with Crippen LogP contribution in [0.1, 0.15) is 22.8 Å². The third-order valence-electron chi connectivity index (χ3n) is 5.38. The summed E-state index contributed by atoms with van der Waals surface area (Å²) in [5.74, 6) is -0.119. The topological polar surface area (TPSA) is 175 Å². The molecular formula is C20H28O11. The van der Waals surface area contributed by atoms with Crippen molar-refractivity contribution < 1.29 is 54.4 Å².